The molecule has 2 rings (SSSR count). The van der Waals surface area contributed by atoms with Crippen molar-refractivity contribution in [1.29, 1.82) is 0 Å². The van der Waals surface area contributed by atoms with Crippen LogP contribution < -0.4 is 5.73 Å². The Hall–Kier alpha value is -0.920. The molecule has 0 spiro atoms. The quantitative estimate of drug-likeness (QED) is 0.812. The summed E-state index contributed by atoms with van der Waals surface area (Å²) >= 11 is 0. The summed E-state index contributed by atoms with van der Waals surface area (Å²) < 4.78 is 26.3. The number of nitrogens with zero attached hydrogens (tertiary/aromatic N) is 2. The third-order valence-corrected chi connectivity index (χ3v) is 5.07. The Kier molecular flexibility index (Phi) is 3.80. The van der Waals surface area contributed by atoms with Gasteiger partial charge >= 0.3 is 0 Å². The molecule has 0 bridgehead atoms. The van der Waals surface area contributed by atoms with Crippen LogP contribution in [0.3, 0.4) is 0 Å². The van der Waals surface area contributed by atoms with Crippen molar-refractivity contribution in [3.8, 4) is 0 Å². The van der Waals surface area contributed by atoms with E-state index in [9.17, 15) is 8.42 Å². The fraction of sp³-hybridized carbons (Fsp3) is 0.700. The van der Waals surface area contributed by atoms with Crippen LogP contribution in [0.2, 0.25) is 0 Å². The molecule has 1 aromatic rings. The number of hydrogen-bond donors (Lipinski definition) is 2. The van der Waals surface area contributed by atoms with E-state index < -0.39 is 10.0 Å². The molecule has 96 valence electrons. The highest BCUT2D eigenvalue weighted by molar-refractivity contribution is 7.89. The van der Waals surface area contributed by atoms with Gasteiger partial charge in [0.05, 0.1) is 6.20 Å². The summed E-state index contributed by atoms with van der Waals surface area (Å²) in [6.45, 7) is 1.10. The van der Waals surface area contributed by atoms with Gasteiger partial charge in [0.2, 0.25) is 10.0 Å². The molecule has 0 radical (unpaired) electrons. The second-order valence-electron chi connectivity index (χ2n) is 4.28. The maximum atomic E-state index is 12.4. The maximum absolute atomic E-state index is 12.4. The Morgan fingerprint density at radius 1 is 1.53 bits per heavy atom. The lowest BCUT2D eigenvalue weighted by molar-refractivity contribution is 0.243. The van der Waals surface area contributed by atoms with Gasteiger partial charge in [0.25, 0.3) is 0 Å². The Bertz CT molecular complexity index is 441. The van der Waals surface area contributed by atoms with E-state index in [2.05, 4.69) is 10.2 Å². The number of piperidine rings is 1. The maximum Gasteiger partial charge on any atom is 0.246 e. The molecule has 1 unspecified atom stereocenters. The second-order valence-corrected chi connectivity index (χ2v) is 6.17. The van der Waals surface area contributed by atoms with Crippen molar-refractivity contribution < 1.29 is 8.42 Å². The van der Waals surface area contributed by atoms with Crippen LogP contribution in [0.5, 0.6) is 0 Å². The van der Waals surface area contributed by atoms with Gasteiger partial charge in [-0.25, -0.2) is 8.42 Å². The summed E-state index contributed by atoms with van der Waals surface area (Å²) in [5.41, 5.74) is 5.54. The van der Waals surface area contributed by atoms with Crippen LogP contribution in [0, 0.1) is 0 Å². The molecule has 1 atom stereocenters. The Morgan fingerprint density at radius 3 is 3.00 bits per heavy atom. The Morgan fingerprint density at radius 2 is 2.35 bits per heavy atom. The van der Waals surface area contributed by atoms with E-state index in [-0.39, 0.29) is 10.9 Å². The van der Waals surface area contributed by atoms with Crippen LogP contribution in [-0.2, 0) is 10.0 Å². The number of sulfonamides is 1. The highest BCUT2D eigenvalue weighted by atomic mass is 32.2. The van der Waals surface area contributed by atoms with Gasteiger partial charge in [-0.2, -0.15) is 9.40 Å². The minimum atomic E-state index is -3.41. The van der Waals surface area contributed by atoms with Crippen molar-refractivity contribution in [2.45, 2.75) is 36.6 Å². The van der Waals surface area contributed by atoms with Crippen molar-refractivity contribution >= 4 is 10.0 Å². The average molecular weight is 258 g/mol. The van der Waals surface area contributed by atoms with Crippen LogP contribution in [-0.4, -0.2) is 42.1 Å². The van der Waals surface area contributed by atoms with E-state index in [1.807, 2.05) is 0 Å². The minimum absolute atomic E-state index is 0.0358. The number of nitrogens with two attached hydrogens (primary N) is 1. The standard InChI is InChI=1S/C10H18N4O2S/c11-5-4-9-3-1-2-6-14(9)17(15,16)10-7-12-13-8-10/h7-9H,1-6,11H2,(H,12,13). The van der Waals surface area contributed by atoms with Crippen molar-refractivity contribution in [1.82, 2.24) is 14.5 Å². The number of H-pyrrole nitrogens is 1. The summed E-state index contributed by atoms with van der Waals surface area (Å²) in [4.78, 5) is 0.237. The van der Waals surface area contributed by atoms with E-state index in [0.717, 1.165) is 25.7 Å². The lowest BCUT2D eigenvalue weighted by Gasteiger charge is -2.34. The molecule has 2 heterocycles. The van der Waals surface area contributed by atoms with Gasteiger partial charge in [-0.05, 0) is 25.8 Å². The predicted octanol–water partition coefficient (Wildman–Crippen LogP) is 0.302. The lowest BCUT2D eigenvalue weighted by atomic mass is 10.0. The number of aromatic amines is 1. The number of aromatic nitrogens is 2. The first kappa shape index (κ1) is 12.5. The first-order chi connectivity index (χ1) is 8.16. The summed E-state index contributed by atoms with van der Waals surface area (Å²) in [5.74, 6) is 0. The van der Waals surface area contributed by atoms with E-state index in [1.54, 1.807) is 4.31 Å². The highest BCUT2D eigenvalue weighted by Crippen LogP contribution is 2.26. The van der Waals surface area contributed by atoms with Gasteiger partial charge in [0.15, 0.2) is 0 Å². The Labute approximate surface area is 101 Å². The van der Waals surface area contributed by atoms with Gasteiger partial charge in [0, 0.05) is 18.8 Å². The molecule has 17 heavy (non-hydrogen) atoms. The minimum Gasteiger partial charge on any atom is -0.330 e. The molecule has 0 saturated carbocycles. The molecule has 1 saturated heterocycles. The van der Waals surface area contributed by atoms with E-state index >= 15 is 0 Å². The van der Waals surface area contributed by atoms with Crippen LogP contribution in [0.25, 0.3) is 0 Å². The molecule has 0 amide bonds. The second kappa shape index (κ2) is 5.16. The third kappa shape index (κ3) is 2.51. The SMILES string of the molecule is NCCC1CCCCN1S(=O)(=O)c1cn[nH]c1. The van der Waals surface area contributed by atoms with Gasteiger partial charge in [-0.15, -0.1) is 0 Å². The average Bonchev–Trinajstić information content (AvgIpc) is 2.84. The predicted molar refractivity (Wildman–Crippen MR) is 63.8 cm³/mol. The monoisotopic (exact) mass is 258 g/mol. The molecule has 1 aliphatic heterocycles. The Balaban J connectivity index is 2.24. The molecule has 1 aromatic heterocycles. The number of nitrogens with one attached hydrogen (secondary N) is 1. The van der Waals surface area contributed by atoms with Crippen LogP contribution in [0.15, 0.2) is 17.3 Å². The lowest BCUT2D eigenvalue weighted by Crippen LogP contribution is -2.44. The normalized spacial score (nSPS) is 22.8. The largest absolute Gasteiger partial charge is 0.330 e. The van der Waals surface area contributed by atoms with Crippen molar-refractivity contribution in [3.05, 3.63) is 12.4 Å². The molecule has 3 N–H and O–H groups in total. The van der Waals surface area contributed by atoms with Gasteiger partial charge < -0.3 is 5.73 Å². The van der Waals surface area contributed by atoms with E-state index in [0.29, 0.717) is 13.1 Å². The van der Waals surface area contributed by atoms with Crippen molar-refractivity contribution in [3.63, 3.8) is 0 Å². The summed E-state index contributed by atoms with van der Waals surface area (Å²) in [5, 5.41) is 6.24. The number of hydrogen-bond acceptors (Lipinski definition) is 4. The zero-order valence-electron chi connectivity index (χ0n) is 9.67. The molecular weight excluding hydrogens is 240 g/mol. The fourth-order valence-electron chi connectivity index (χ4n) is 2.29. The zero-order chi connectivity index (χ0) is 12.3. The summed E-state index contributed by atoms with van der Waals surface area (Å²) in [6, 6.07) is 0.0358. The molecule has 1 fully saturated rings. The third-order valence-electron chi connectivity index (χ3n) is 3.15. The molecule has 7 heteroatoms. The topological polar surface area (TPSA) is 92.1 Å². The number of rotatable bonds is 4. The molecular formula is C10H18N4O2S. The first-order valence-corrected chi connectivity index (χ1v) is 7.31. The van der Waals surface area contributed by atoms with Crippen LogP contribution >= 0.6 is 0 Å². The molecule has 0 aliphatic carbocycles. The van der Waals surface area contributed by atoms with E-state index in [4.69, 9.17) is 5.73 Å². The molecule has 1 aliphatic rings. The zero-order valence-corrected chi connectivity index (χ0v) is 10.5. The molecule has 6 nitrogen and oxygen atoms in total. The van der Waals surface area contributed by atoms with Crippen molar-refractivity contribution in [2.75, 3.05) is 13.1 Å². The highest BCUT2D eigenvalue weighted by Gasteiger charge is 2.33. The van der Waals surface area contributed by atoms with Gasteiger partial charge in [-0.1, -0.05) is 6.42 Å². The van der Waals surface area contributed by atoms with Gasteiger partial charge in [0.1, 0.15) is 4.90 Å². The molecule has 0 aromatic carbocycles. The smallest absolute Gasteiger partial charge is 0.246 e. The summed E-state index contributed by atoms with van der Waals surface area (Å²) in [7, 11) is -3.41. The van der Waals surface area contributed by atoms with Crippen LogP contribution in [0.1, 0.15) is 25.7 Å². The summed E-state index contributed by atoms with van der Waals surface area (Å²) in [6.07, 6.45) is 6.37. The van der Waals surface area contributed by atoms with Crippen molar-refractivity contribution in [2.24, 2.45) is 5.73 Å². The first-order valence-electron chi connectivity index (χ1n) is 5.87. The van der Waals surface area contributed by atoms with Crippen LogP contribution in [0.4, 0.5) is 0 Å². The fourth-order valence-corrected chi connectivity index (χ4v) is 3.92. The van der Waals surface area contributed by atoms with E-state index in [1.165, 1.54) is 12.4 Å². The van der Waals surface area contributed by atoms with Gasteiger partial charge in [-0.3, -0.25) is 5.10 Å².